The third kappa shape index (κ3) is 3.93. The summed E-state index contributed by atoms with van der Waals surface area (Å²) in [5.74, 6) is 0.909. The van der Waals surface area contributed by atoms with E-state index >= 15 is 0 Å². The fourth-order valence-corrected chi connectivity index (χ4v) is 4.67. The summed E-state index contributed by atoms with van der Waals surface area (Å²) in [5, 5.41) is 8.68. The van der Waals surface area contributed by atoms with E-state index in [1.807, 2.05) is 29.8 Å². The molecule has 0 saturated heterocycles. The Morgan fingerprint density at radius 1 is 0.875 bits per heavy atom. The predicted octanol–water partition coefficient (Wildman–Crippen LogP) is 7.56. The van der Waals surface area contributed by atoms with Gasteiger partial charge < -0.3 is 5.32 Å². The molecule has 2 heterocycles. The molecule has 0 amide bonds. The summed E-state index contributed by atoms with van der Waals surface area (Å²) in [4.78, 5) is 5.17. The van der Waals surface area contributed by atoms with Gasteiger partial charge in [-0.15, -0.1) is 0 Å². The Kier molecular flexibility index (Phi) is 5.51. The van der Waals surface area contributed by atoms with E-state index in [1.54, 1.807) is 0 Å². The van der Waals surface area contributed by atoms with Crippen molar-refractivity contribution in [1.29, 1.82) is 0 Å². The van der Waals surface area contributed by atoms with Crippen molar-refractivity contribution in [3.05, 3.63) is 105 Å². The number of anilines is 1. The van der Waals surface area contributed by atoms with E-state index in [9.17, 15) is 0 Å². The smallest absolute Gasteiger partial charge is 0.156 e. The maximum atomic E-state index is 5.17. The zero-order valence-corrected chi connectivity index (χ0v) is 21.0. The molecule has 0 radical (unpaired) electrons. The standard InChI is InChI=1S/C26H22Br2N4/c1-17-24-25(32(31-17)22-6-4-3-5-7-22)30-26(2,19-10-14-21(28)15-11-19)16-23(29-24)18-8-12-20(27)13-9-18/h3-15,30H,16H2,1-2H3/t26-/m1/s1. The molecule has 1 aromatic heterocycles. The van der Waals surface area contributed by atoms with Gasteiger partial charge in [-0.1, -0.05) is 74.3 Å². The van der Waals surface area contributed by atoms with Gasteiger partial charge in [0.15, 0.2) is 5.82 Å². The molecule has 0 aliphatic carbocycles. The fourth-order valence-electron chi connectivity index (χ4n) is 4.14. The van der Waals surface area contributed by atoms with Crippen LogP contribution in [-0.2, 0) is 5.54 Å². The molecule has 1 atom stereocenters. The molecule has 32 heavy (non-hydrogen) atoms. The molecule has 4 nitrogen and oxygen atoms in total. The minimum atomic E-state index is -0.378. The number of rotatable bonds is 3. The molecule has 160 valence electrons. The molecule has 4 aromatic rings. The minimum absolute atomic E-state index is 0.378. The van der Waals surface area contributed by atoms with Gasteiger partial charge in [-0.3, -0.25) is 0 Å². The Bertz CT molecular complexity index is 1290. The summed E-state index contributed by atoms with van der Waals surface area (Å²) in [7, 11) is 0. The van der Waals surface area contributed by atoms with Crippen molar-refractivity contribution in [3.8, 4) is 5.69 Å². The first-order valence-electron chi connectivity index (χ1n) is 10.5. The summed E-state index contributed by atoms with van der Waals surface area (Å²) in [6.07, 6.45) is 0.735. The number of halogens is 2. The molecular weight excluding hydrogens is 528 g/mol. The molecule has 0 saturated carbocycles. The van der Waals surface area contributed by atoms with E-state index in [2.05, 4.69) is 105 Å². The first-order chi connectivity index (χ1) is 15.4. The lowest BCUT2D eigenvalue weighted by Crippen LogP contribution is -2.34. The number of aliphatic imine (C=N–C) groups is 1. The van der Waals surface area contributed by atoms with Crippen LogP contribution in [0, 0.1) is 6.92 Å². The molecule has 3 aromatic carbocycles. The third-order valence-electron chi connectivity index (χ3n) is 5.85. The third-order valence-corrected chi connectivity index (χ3v) is 6.91. The highest BCUT2D eigenvalue weighted by Crippen LogP contribution is 2.42. The number of nitrogens with one attached hydrogen (secondary N) is 1. The minimum Gasteiger partial charge on any atom is -0.359 e. The van der Waals surface area contributed by atoms with E-state index in [0.29, 0.717) is 0 Å². The van der Waals surface area contributed by atoms with Crippen LogP contribution in [0.2, 0.25) is 0 Å². The Labute approximate surface area is 204 Å². The number of aryl methyl sites for hydroxylation is 1. The van der Waals surface area contributed by atoms with E-state index in [1.165, 1.54) is 5.56 Å². The lowest BCUT2D eigenvalue weighted by molar-refractivity contribution is 0.564. The average Bonchev–Trinajstić information content (AvgIpc) is 2.99. The SMILES string of the molecule is Cc1nn(-c2ccccc2)c2c1N=C(c1ccc(Br)cc1)C[C@](C)(c1ccc(Br)cc1)N2. The van der Waals surface area contributed by atoms with E-state index in [4.69, 9.17) is 10.1 Å². The molecule has 0 fully saturated rings. The lowest BCUT2D eigenvalue weighted by Gasteiger charge is -2.32. The average molecular weight is 550 g/mol. The van der Waals surface area contributed by atoms with E-state index in [0.717, 1.165) is 49.5 Å². The van der Waals surface area contributed by atoms with Crippen molar-refractivity contribution in [2.45, 2.75) is 25.8 Å². The Morgan fingerprint density at radius 3 is 2.16 bits per heavy atom. The number of benzene rings is 3. The zero-order valence-electron chi connectivity index (χ0n) is 17.8. The maximum absolute atomic E-state index is 5.17. The van der Waals surface area contributed by atoms with Crippen molar-refractivity contribution in [1.82, 2.24) is 9.78 Å². The van der Waals surface area contributed by atoms with Crippen LogP contribution in [0.1, 0.15) is 30.2 Å². The first-order valence-corrected chi connectivity index (χ1v) is 12.0. The monoisotopic (exact) mass is 548 g/mol. The van der Waals surface area contributed by atoms with Gasteiger partial charge in [0.05, 0.1) is 22.6 Å². The van der Waals surface area contributed by atoms with Gasteiger partial charge in [0.1, 0.15) is 5.69 Å². The number of hydrogen-bond acceptors (Lipinski definition) is 3. The van der Waals surface area contributed by atoms with Crippen LogP contribution in [0.3, 0.4) is 0 Å². The second-order valence-corrected chi connectivity index (χ2v) is 10.1. The van der Waals surface area contributed by atoms with Crippen LogP contribution in [0.25, 0.3) is 5.69 Å². The summed E-state index contributed by atoms with van der Waals surface area (Å²) >= 11 is 7.11. The summed E-state index contributed by atoms with van der Waals surface area (Å²) in [6.45, 7) is 4.25. The normalized spacial score (nSPS) is 17.8. The molecule has 0 bridgehead atoms. The van der Waals surface area contributed by atoms with Crippen molar-refractivity contribution in [3.63, 3.8) is 0 Å². The van der Waals surface area contributed by atoms with Crippen molar-refractivity contribution in [2.24, 2.45) is 4.99 Å². The highest BCUT2D eigenvalue weighted by Gasteiger charge is 2.35. The van der Waals surface area contributed by atoms with E-state index < -0.39 is 0 Å². The van der Waals surface area contributed by atoms with Crippen LogP contribution in [0.4, 0.5) is 11.5 Å². The van der Waals surface area contributed by atoms with Gasteiger partial charge >= 0.3 is 0 Å². The number of para-hydroxylation sites is 1. The Morgan fingerprint density at radius 2 is 1.50 bits per heavy atom. The number of nitrogens with zero attached hydrogens (tertiary/aromatic N) is 3. The molecular formula is C26H22Br2N4. The van der Waals surface area contributed by atoms with Crippen LogP contribution in [0.5, 0.6) is 0 Å². The predicted molar refractivity (Wildman–Crippen MR) is 138 cm³/mol. The number of fused-ring (bicyclic) bond motifs is 1. The molecule has 1 aliphatic heterocycles. The largest absolute Gasteiger partial charge is 0.359 e. The Hall–Kier alpha value is -2.70. The summed E-state index contributed by atoms with van der Waals surface area (Å²) in [6, 6.07) is 27.1. The molecule has 0 unspecified atom stereocenters. The molecule has 5 rings (SSSR count). The zero-order chi connectivity index (χ0) is 22.3. The van der Waals surface area contributed by atoms with Crippen LogP contribution >= 0.6 is 31.9 Å². The molecule has 1 N–H and O–H groups in total. The van der Waals surface area contributed by atoms with Gasteiger partial charge in [0, 0.05) is 15.4 Å². The number of aromatic nitrogens is 2. The maximum Gasteiger partial charge on any atom is 0.156 e. The first kappa shape index (κ1) is 21.2. The van der Waals surface area contributed by atoms with Crippen molar-refractivity contribution < 1.29 is 0 Å². The molecule has 1 aliphatic rings. The number of hydrogen-bond donors (Lipinski definition) is 1. The van der Waals surface area contributed by atoms with Crippen molar-refractivity contribution >= 4 is 49.1 Å². The highest BCUT2D eigenvalue weighted by molar-refractivity contribution is 9.10. The van der Waals surface area contributed by atoms with Gasteiger partial charge in [-0.05, 0) is 61.4 Å². The second-order valence-electron chi connectivity index (χ2n) is 8.24. The molecule has 0 spiro atoms. The van der Waals surface area contributed by atoms with Gasteiger partial charge in [0.2, 0.25) is 0 Å². The summed E-state index contributed by atoms with van der Waals surface area (Å²) in [5.41, 5.74) is 5.74. The topological polar surface area (TPSA) is 42.2 Å². The van der Waals surface area contributed by atoms with Gasteiger partial charge in [0.25, 0.3) is 0 Å². The van der Waals surface area contributed by atoms with Crippen LogP contribution < -0.4 is 5.32 Å². The Balaban J connectivity index is 1.72. The van der Waals surface area contributed by atoms with Crippen LogP contribution in [-0.4, -0.2) is 15.5 Å². The quantitative estimate of drug-likeness (QED) is 0.286. The second kappa shape index (κ2) is 8.34. The fraction of sp³-hybridized carbons (Fsp3) is 0.154. The summed E-state index contributed by atoms with van der Waals surface area (Å²) < 4.78 is 4.08. The lowest BCUT2D eigenvalue weighted by atomic mass is 9.85. The van der Waals surface area contributed by atoms with Gasteiger partial charge in [-0.25, -0.2) is 9.67 Å². The van der Waals surface area contributed by atoms with Gasteiger partial charge in [-0.2, -0.15) is 5.10 Å². The van der Waals surface area contributed by atoms with E-state index in [-0.39, 0.29) is 5.54 Å². The van der Waals surface area contributed by atoms with Crippen LogP contribution in [0.15, 0.2) is 92.8 Å². The van der Waals surface area contributed by atoms with Crippen molar-refractivity contribution in [2.75, 3.05) is 5.32 Å². The molecule has 6 heteroatoms. The highest BCUT2D eigenvalue weighted by atomic mass is 79.9.